The molecule has 0 aromatic heterocycles. The number of aromatic hydroxyl groups is 1. The molecule has 2 aromatic rings. The van der Waals surface area contributed by atoms with E-state index in [0.717, 1.165) is 0 Å². The summed E-state index contributed by atoms with van der Waals surface area (Å²) in [5.41, 5.74) is -3.23. The Morgan fingerprint density at radius 3 is 2.26 bits per heavy atom. The fourth-order valence-corrected chi connectivity index (χ4v) is 4.94. The zero-order valence-corrected chi connectivity index (χ0v) is 21.4. The Kier molecular flexibility index (Phi) is 8.56. The molecular weight excluding hydrogens is 520 g/mol. The van der Waals surface area contributed by atoms with Crippen molar-refractivity contribution in [1.82, 2.24) is 0 Å². The average Bonchev–Trinajstić information content (AvgIpc) is 3.20. The predicted octanol–water partition coefficient (Wildman–Crippen LogP) is -1.64. The van der Waals surface area contributed by atoms with Crippen molar-refractivity contribution in [2.45, 2.75) is 54.4 Å². The number of ether oxygens (including phenoxy) is 5. The molecule has 2 aliphatic rings. The van der Waals surface area contributed by atoms with Gasteiger partial charge in [0.1, 0.15) is 41.7 Å². The highest BCUT2D eigenvalue weighted by molar-refractivity contribution is 5.46. The van der Waals surface area contributed by atoms with Crippen molar-refractivity contribution in [2.75, 3.05) is 34.0 Å². The van der Waals surface area contributed by atoms with Crippen molar-refractivity contribution < 1.29 is 64.5 Å². The number of hydrogen-bond donors (Lipinski definition) is 8. The average molecular weight is 555 g/mol. The summed E-state index contributed by atoms with van der Waals surface area (Å²) in [6, 6.07) is 8.80. The third-order valence-electron chi connectivity index (χ3n) is 7.29. The SMILES string of the molecule is COc1cc(C[C@@]2(O)CO[C@H](c3ccc(O[C@H]4O[C@@H](CO)[C@H](O)[C@@H](O)[C@H]4O)c(OC)c3)[C@@]2(O)CO)ccc1O. The number of methoxy groups -OCH3 is 2. The van der Waals surface area contributed by atoms with E-state index in [2.05, 4.69) is 0 Å². The lowest BCUT2D eigenvalue weighted by molar-refractivity contribution is -0.277. The molecule has 0 spiro atoms. The van der Waals surface area contributed by atoms with Crippen LogP contribution in [0.3, 0.4) is 0 Å². The largest absolute Gasteiger partial charge is 0.504 e. The summed E-state index contributed by atoms with van der Waals surface area (Å²) in [4.78, 5) is 0. The highest BCUT2D eigenvalue weighted by Gasteiger charge is 2.60. The summed E-state index contributed by atoms with van der Waals surface area (Å²) >= 11 is 0. The fourth-order valence-electron chi connectivity index (χ4n) is 4.94. The summed E-state index contributed by atoms with van der Waals surface area (Å²) in [5, 5.41) is 82.7. The van der Waals surface area contributed by atoms with Gasteiger partial charge in [0, 0.05) is 6.42 Å². The number of phenolic OH excluding ortho intramolecular Hbond substituents is 1. The third-order valence-corrected chi connectivity index (χ3v) is 7.29. The van der Waals surface area contributed by atoms with Gasteiger partial charge in [-0.2, -0.15) is 0 Å². The Morgan fingerprint density at radius 1 is 0.897 bits per heavy atom. The summed E-state index contributed by atoms with van der Waals surface area (Å²) in [6.45, 7) is -1.81. The van der Waals surface area contributed by atoms with Crippen molar-refractivity contribution >= 4 is 0 Å². The van der Waals surface area contributed by atoms with Crippen molar-refractivity contribution in [3.05, 3.63) is 47.5 Å². The van der Waals surface area contributed by atoms with Crippen LogP contribution in [-0.4, -0.2) is 117 Å². The van der Waals surface area contributed by atoms with Gasteiger partial charge in [-0.1, -0.05) is 12.1 Å². The smallest absolute Gasteiger partial charge is 0.229 e. The maximum absolute atomic E-state index is 11.5. The standard InChI is InChI=1S/C26H34O13/c1-35-17-7-13(3-5-15(17)29)9-25(33)12-37-23(26(25,34)11-28)14-4-6-16(18(8-14)36-2)38-24-22(32)21(31)20(30)19(10-27)39-24/h3-8,19-24,27-34H,9-12H2,1-2H3/t19-,20-,21+,22+,23+,24-,25+,26-/m0/s1. The van der Waals surface area contributed by atoms with E-state index in [1.807, 2.05) is 0 Å². The van der Waals surface area contributed by atoms with Gasteiger partial charge in [-0.3, -0.25) is 0 Å². The highest BCUT2D eigenvalue weighted by Crippen LogP contribution is 2.47. The maximum Gasteiger partial charge on any atom is 0.229 e. The second-order valence-corrected chi connectivity index (χ2v) is 9.71. The van der Waals surface area contributed by atoms with Gasteiger partial charge in [-0.05, 0) is 35.4 Å². The van der Waals surface area contributed by atoms with Crippen molar-refractivity contribution in [1.29, 1.82) is 0 Å². The first-order valence-electron chi connectivity index (χ1n) is 12.2. The van der Waals surface area contributed by atoms with Crippen LogP contribution in [0.25, 0.3) is 0 Å². The van der Waals surface area contributed by atoms with Gasteiger partial charge >= 0.3 is 0 Å². The lowest BCUT2D eigenvalue weighted by Crippen LogP contribution is -2.60. The van der Waals surface area contributed by atoms with Crippen LogP contribution < -0.4 is 14.2 Å². The minimum Gasteiger partial charge on any atom is -0.504 e. The van der Waals surface area contributed by atoms with Gasteiger partial charge in [-0.25, -0.2) is 0 Å². The molecule has 2 aliphatic heterocycles. The van der Waals surface area contributed by atoms with E-state index >= 15 is 0 Å². The highest BCUT2D eigenvalue weighted by atomic mass is 16.7. The van der Waals surface area contributed by atoms with E-state index in [0.29, 0.717) is 11.1 Å². The van der Waals surface area contributed by atoms with Gasteiger partial charge in [0.2, 0.25) is 6.29 Å². The van der Waals surface area contributed by atoms with Crippen LogP contribution in [0, 0.1) is 0 Å². The first kappa shape index (κ1) is 29.3. The van der Waals surface area contributed by atoms with Crippen LogP contribution in [0.2, 0.25) is 0 Å². The van der Waals surface area contributed by atoms with Crippen molar-refractivity contribution in [3.8, 4) is 23.0 Å². The molecule has 8 atom stereocenters. The van der Waals surface area contributed by atoms with Crippen LogP contribution >= 0.6 is 0 Å². The quantitative estimate of drug-likeness (QED) is 0.175. The molecular formula is C26H34O13. The van der Waals surface area contributed by atoms with Crippen molar-refractivity contribution in [3.63, 3.8) is 0 Å². The number of phenols is 1. The summed E-state index contributed by atoms with van der Waals surface area (Å²) in [6.07, 6.45) is -8.77. The predicted molar refractivity (Wildman–Crippen MR) is 131 cm³/mol. The normalized spacial score (nSPS) is 34.6. The number of rotatable bonds is 9. The van der Waals surface area contributed by atoms with Crippen LogP contribution in [0.1, 0.15) is 17.2 Å². The topological polar surface area (TPSA) is 208 Å². The van der Waals surface area contributed by atoms with Crippen LogP contribution in [0.5, 0.6) is 23.0 Å². The van der Waals surface area contributed by atoms with Gasteiger partial charge in [0.05, 0.1) is 34.0 Å². The summed E-state index contributed by atoms with van der Waals surface area (Å²) in [7, 11) is 2.71. The molecule has 4 rings (SSSR count). The first-order valence-corrected chi connectivity index (χ1v) is 12.2. The van der Waals surface area contributed by atoms with Gasteiger partial charge < -0.3 is 64.5 Å². The van der Waals surface area contributed by atoms with E-state index < -0.39 is 61.2 Å². The molecule has 0 saturated carbocycles. The first-order chi connectivity index (χ1) is 18.5. The summed E-state index contributed by atoms with van der Waals surface area (Å²) in [5.74, 6) is 0.248. The summed E-state index contributed by atoms with van der Waals surface area (Å²) < 4.78 is 27.3. The second-order valence-electron chi connectivity index (χ2n) is 9.71. The minimum absolute atomic E-state index is 0.0579. The molecule has 0 radical (unpaired) electrons. The van der Waals surface area contributed by atoms with E-state index in [-0.39, 0.29) is 36.0 Å². The maximum atomic E-state index is 11.5. The van der Waals surface area contributed by atoms with E-state index in [4.69, 9.17) is 23.7 Å². The lowest BCUT2D eigenvalue weighted by atomic mass is 9.76. The number of benzene rings is 2. The van der Waals surface area contributed by atoms with Crippen molar-refractivity contribution in [2.24, 2.45) is 0 Å². The zero-order chi connectivity index (χ0) is 28.5. The van der Waals surface area contributed by atoms with Gasteiger partial charge in [-0.15, -0.1) is 0 Å². The van der Waals surface area contributed by atoms with Gasteiger partial charge in [0.15, 0.2) is 23.0 Å². The Bertz CT molecular complexity index is 1140. The molecule has 0 unspecified atom stereocenters. The number of hydrogen-bond acceptors (Lipinski definition) is 13. The van der Waals surface area contributed by atoms with Gasteiger partial charge in [0.25, 0.3) is 0 Å². The zero-order valence-electron chi connectivity index (χ0n) is 21.4. The Morgan fingerprint density at radius 2 is 1.62 bits per heavy atom. The lowest BCUT2D eigenvalue weighted by Gasteiger charge is -2.39. The van der Waals surface area contributed by atoms with Crippen LogP contribution in [0.4, 0.5) is 0 Å². The molecule has 13 nitrogen and oxygen atoms in total. The third kappa shape index (κ3) is 5.25. The molecule has 39 heavy (non-hydrogen) atoms. The Balaban J connectivity index is 1.58. The monoisotopic (exact) mass is 554 g/mol. The van der Waals surface area contributed by atoms with E-state index in [1.54, 1.807) is 6.07 Å². The Hall–Kier alpha value is -2.72. The number of aliphatic hydroxyl groups is 7. The van der Waals surface area contributed by atoms with Crippen LogP contribution in [-0.2, 0) is 15.9 Å². The fraction of sp³-hybridized carbons (Fsp3) is 0.538. The molecule has 2 aromatic carbocycles. The molecule has 216 valence electrons. The Labute approximate surface area is 224 Å². The molecule has 2 saturated heterocycles. The van der Waals surface area contributed by atoms with E-state index in [9.17, 15) is 40.9 Å². The minimum atomic E-state index is -2.15. The molecule has 2 fully saturated rings. The molecule has 0 bridgehead atoms. The van der Waals surface area contributed by atoms with Crippen LogP contribution in [0.15, 0.2) is 36.4 Å². The molecule has 0 amide bonds. The van der Waals surface area contributed by atoms with E-state index in [1.165, 1.54) is 44.6 Å². The molecule has 13 heteroatoms. The molecule has 0 aliphatic carbocycles. The molecule has 8 N–H and O–H groups in total. The second kappa shape index (κ2) is 11.4. The number of aliphatic hydroxyl groups excluding tert-OH is 5. The molecule has 2 heterocycles.